The van der Waals surface area contributed by atoms with Crippen LogP contribution in [-0.4, -0.2) is 34.2 Å². The number of nitrogens with zero attached hydrogens (tertiary/aromatic N) is 2. The van der Waals surface area contributed by atoms with Crippen LogP contribution in [0.2, 0.25) is 0 Å². The molecular weight excluding hydrogens is 348 g/mol. The largest absolute Gasteiger partial charge is 0.334 e. The third-order valence-corrected chi connectivity index (χ3v) is 5.33. The number of hydrogen-bond acceptors (Lipinski definition) is 2. The molecule has 1 fully saturated rings. The third-order valence-electron chi connectivity index (χ3n) is 5.33. The van der Waals surface area contributed by atoms with Crippen LogP contribution in [0.25, 0.3) is 0 Å². The summed E-state index contributed by atoms with van der Waals surface area (Å²) in [5.41, 5.74) is 1.86. The number of likely N-dealkylation sites (tertiary alicyclic amines) is 1. The highest BCUT2D eigenvalue weighted by molar-refractivity contribution is 5.89. The highest BCUT2D eigenvalue weighted by atomic mass is 16.2. The molecule has 0 radical (unpaired) electrons. The molecule has 1 heterocycles. The minimum absolute atomic E-state index is 0.0219. The molecular formula is C24H28N2O2. The Hall–Kier alpha value is -2.88. The fourth-order valence-corrected chi connectivity index (χ4v) is 3.87. The molecule has 4 nitrogen and oxygen atoms in total. The molecule has 0 N–H and O–H groups in total. The third kappa shape index (κ3) is 4.33. The number of hydrogen-bond donors (Lipinski definition) is 0. The smallest absolute Gasteiger partial charge is 0.250 e. The summed E-state index contributed by atoms with van der Waals surface area (Å²) in [6.07, 6.45) is 4.09. The van der Waals surface area contributed by atoms with Crippen LogP contribution in [0.15, 0.2) is 73.3 Å². The van der Waals surface area contributed by atoms with Gasteiger partial charge in [-0.2, -0.15) is 0 Å². The molecule has 1 aliphatic rings. The van der Waals surface area contributed by atoms with Gasteiger partial charge in [0.25, 0.3) is 5.91 Å². The summed E-state index contributed by atoms with van der Waals surface area (Å²) in [7, 11) is 0. The maximum Gasteiger partial charge on any atom is 0.250 e. The molecule has 3 rings (SSSR count). The molecule has 4 heteroatoms. The van der Waals surface area contributed by atoms with Crippen molar-refractivity contribution in [1.29, 1.82) is 0 Å². The van der Waals surface area contributed by atoms with E-state index in [1.165, 1.54) is 0 Å². The lowest BCUT2D eigenvalue weighted by Gasteiger charge is -2.35. The summed E-state index contributed by atoms with van der Waals surface area (Å²) in [4.78, 5) is 30.2. The Balaban J connectivity index is 2.00. The molecule has 146 valence electrons. The number of carbonyl (C=O) groups excluding carboxylic acids is 2. The van der Waals surface area contributed by atoms with Crippen molar-refractivity contribution in [2.45, 2.75) is 44.8 Å². The first-order chi connectivity index (χ1) is 13.7. The van der Waals surface area contributed by atoms with Crippen molar-refractivity contribution >= 4 is 11.8 Å². The van der Waals surface area contributed by atoms with Crippen LogP contribution >= 0.6 is 0 Å². The van der Waals surface area contributed by atoms with Crippen molar-refractivity contribution in [3.63, 3.8) is 0 Å². The molecule has 0 saturated carbocycles. The topological polar surface area (TPSA) is 40.6 Å². The summed E-state index contributed by atoms with van der Waals surface area (Å²) in [6, 6.07) is 18.9. The summed E-state index contributed by atoms with van der Waals surface area (Å²) in [5, 5.41) is 0. The van der Waals surface area contributed by atoms with Crippen molar-refractivity contribution in [3.8, 4) is 0 Å². The number of rotatable bonds is 7. The predicted molar refractivity (Wildman–Crippen MR) is 111 cm³/mol. The van der Waals surface area contributed by atoms with Gasteiger partial charge in [0.1, 0.15) is 6.04 Å². The van der Waals surface area contributed by atoms with Gasteiger partial charge < -0.3 is 9.80 Å². The zero-order valence-corrected chi connectivity index (χ0v) is 16.5. The summed E-state index contributed by atoms with van der Waals surface area (Å²) >= 11 is 0. The van der Waals surface area contributed by atoms with E-state index in [1.54, 1.807) is 4.90 Å². The fraction of sp³-hybridized carbons (Fsp3) is 0.333. The molecule has 28 heavy (non-hydrogen) atoms. The van der Waals surface area contributed by atoms with Gasteiger partial charge in [-0.25, -0.2) is 0 Å². The molecule has 1 aliphatic heterocycles. The van der Waals surface area contributed by atoms with Crippen LogP contribution in [-0.2, 0) is 16.1 Å². The van der Waals surface area contributed by atoms with Gasteiger partial charge in [-0.1, -0.05) is 73.7 Å². The van der Waals surface area contributed by atoms with Gasteiger partial charge in [-0.05, 0) is 24.0 Å². The quantitative estimate of drug-likeness (QED) is 0.674. The van der Waals surface area contributed by atoms with Gasteiger partial charge in [-0.3, -0.25) is 9.59 Å². The van der Waals surface area contributed by atoms with Crippen molar-refractivity contribution < 1.29 is 9.59 Å². The van der Waals surface area contributed by atoms with E-state index < -0.39 is 6.04 Å². The van der Waals surface area contributed by atoms with Crippen LogP contribution < -0.4 is 0 Å². The molecule has 0 spiro atoms. The first-order valence-corrected chi connectivity index (χ1v) is 9.97. The van der Waals surface area contributed by atoms with E-state index in [-0.39, 0.29) is 17.9 Å². The molecule has 1 saturated heterocycles. The zero-order chi connectivity index (χ0) is 19.9. The average Bonchev–Trinajstić information content (AvgIpc) is 3.23. The summed E-state index contributed by atoms with van der Waals surface area (Å²) < 4.78 is 0. The van der Waals surface area contributed by atoms with E-state index in [0.29, 0.717) is 19.5 Å². The maximum absolute atomic E-state index is 13.7. The number of benzene rings is 2. The number of amides is 2. The van der Waals surface area contributed by atoms with E-state index in [1.807, 2.05) is 78.6 Å². The second-order valence-electron chi connectivity index (χ2n) is 7.15. The van der Waals surface area contributed by atoms with Crippen molar-refractivity contribution in [2.24, 2.45) is 0 Å². The molecule has 2 unspecified atom stereocenters. The Labute approximate surface area is 167 Å². The van der Waals surface area contributed by atoms with Gasteiger partial charge in [0, 0.05) is 25.6 Å². The lowest BCUT2D eigenvalue weighted by Crippen LogP contribution is -2.46. The summed E-state index contributed by atoms with van der Waals surface area (Å²) in [6.45, 7) is 6.85. The average molecular weight is 377 g/mol. The van der Waals surface area contributed by atoms with E-state index in [4.69, 9.17) is 0 Å². The Bertz CT molecular complexity index is 804. The normalized spacial score (nSPS) is 17.2. The molecule has 0 aromatic heterocycles. The van der Waals surface area contributed by atoms with Crippen LogP contribution in [0.3, 0.4) is 0 Å². The van der Waals surface area contributed by atoms with Gasteiger partial charge in [0.15, 0.2) is 0 Å². The Morgan fingerprint density at radius 1 is 1.14 bits per heavy atom. The lowest BCUT2D eigenvalue weighted by molar-refractivity contribution is -0.146. The predicted octanol–water partition coefficient (Wildman–Crippen LogP) is 4.34. The highest BCUT2D eigenvalue weighted by Crippen LogP contribution is 2.30. The minimum Gasteiger partial charge on any atom is -0.334 e. The first kappa shape index (κ1) is 19.9. The van der Waals surface area contributed by atoms with E-state index >= 15 is 0 Å². The van der Waals surface area contributed by atoms with Crippen molar-refractivity contribution in [3.05, 3.63) is 84.4 Å². The summed E-state index contributed by atoms with van der Waals surface area (Å²) in [5.74, 6) is -0.0493. The fourth-order valence-electron chi connectivity index (χ4n) is 3.87. The molecule has 0 bridgehead atoms. The second-order valence-corrected chi connectivity index (χ2v) is 7.15. The maximum atomic E-state index is 13.7. The van der Waals surface area contributed by atoms with Gasteiger partial charge in [0.2, 0.25) is 5.91 Å². The van der Waals surface area contributed by atoms with Gasteiger partial charge in [0.05, 0.1) is 0 Å². The van der Waals surface area contributed by atoms with Gasteiger partial charge >= 0.3 is 0 Å². The van der Waals surface area contributed by atoms with Crippen LogP contribution in [0.5, 0.6) is 0 Å². The first-order valence-electron chi connectivity index (χ1n) is 9.97. The Morgan fingerprint density at radius 2 is 1.79 bits per heavy atom. The van der Waals surface area contributed by atoms with Gasteiger partial charge in [-0.15, -0.1) is 6.58 Å². The molecule has 0 aliphatic carbocycles. The van der Waals surface area contributed by atoms with E-state index in [2.05, 4.69) is 6.58 Å². The van der Waals surface area contributed by atoms with Crippen LogP contribution in [0.4, 0.5) is 0 Å². The van der Waals surface area contributed by atoms with E-state index in [0.717, 1.165) is 24.0 Å². The second kappa shape index (κ2) is 9.36. The molecule has 2 aromatic rings. The van der Waals surface area contributed by atoms with Crippen LogP contribution in [0, 0.1) is 0 Å². The molecule has 2 aromatic carbocycles. The van der Waals surface area contributed by atoms with Crippen molar-refractivity contribution in [1.82, 2.24) is 9.80 Å². The SMILES string of the molecule is C=CC1CCCN1C(=O)C(c1ccccc1)N(Cc1ccccc1)C(=O)CC. The monoisotopic (exact) mass is 376 g/mol. The lowest BCUT2D eigenvalue weighted by atomic mass is 10.0. The molecule has 2 atom stereocenters. The Morgan fingerprint density at radius 3 is 2.39 bits per heavy atom. The molecule has 2 amide bonds. The zero-order valence-electron chi connectivity index (χ0n) is 16.5. The number of carbonyl (C=O) groups is 2. The standard InChI is InChI=1S/C24H28N2O2/c1-3-21-16-11-17-25(21)24(28)23(20-14-9-6-10-15-20)26(22(27)4-2)18-19-12-7-5-8-13-19/h3,5-10,12-15,21,23H,1,4,11,16-18H2,2H3. The van der Waals surface area contributed by atoms with E-state index in [9.17, 15) is 9.59 Å². The van der Waals surface area contributed by atoms with Crippen molar-refractivity contribution in [2.75, 3.05) is 6.54 Å². The highest BCUT2D eigenvalue weighted by Gasteiger charge is 2.37. The minimum atomic E-state index is -0.630. The Kier molecular flexibility index (Phi) is 6.64. The van der Waals surface area contributed by atoms with Crippen LogP contribution in [0.1, 0.15) is 43.4 Å².